The molecule has 1 aliphatic rings. The Morgan fingerprint density at radius 2 is 1.47 bits per heavy atom. The Kier molecular flexibility index (Phi) is 5.01. The number of nitrogens with one attached hydrogen (secondary N) is 1. The van der Waals surface area contributed by atoms with E-state index in [1.165, 1.54) is 0 Å². The number of para-hydroxylation sites is 2. The fraction of sp³-hybridized carbons (Fsp3) is 0.208. The number of nitrogens with zero attached hydrogens (tertiary/aromatic N) is 3. The number of pyridine rings is 2. The van der Waals surface area contributed by atoms with Crippen molar-refractivity contribution >= 4 is 51.1 Å². The minimum Gasteiger partial charge on any atom is -0.356 e. The molecule has 0 fully saturated rings. The molecule has 1 amide bonds. The summed E-state index contributed by atoms with van der Waals surface area (Å²) in [4.78, 5) is 25.7. The van der Waals surface area contributed by atoms with Gasteiger partial charge < -0.3 is 10.2 Å². The summed E-state index contributed by atoms with van der Waals surface area (Å²) in [6.45, 7) is 3.04. The molecule has 0 spiro atoms. The highest BCUT2D eigenvalue weighted by atomic mass is 32.2. The van der Waals surface area contributed by atoms with E-state index in [0.717, 1.165) is 62.6 Å². The zero-order valence-electron chi connectivity index (χ0n) is 16.8. The molecule has 0 saturated carbocycles. The normalized spacial score (nSPS) is 12.6. The highest BCUT2D eigenvalue weighted by Crippen LogP contribution is 2.48. The topological polar surface area (TPSA) is 58.1 Å². The first-order chi connectivity index (χ1) is 14.7. The molecule has 0 aliphatic carbocycles. The molecular formula is C24H22N4OS. The van der Waals surface area contributed by atoms with Crippen molar-refractivity contribution in [3.8, 4) is 0 Å². The summed E-state index contributed by atoms with van der Waals surface area (Å²) >= 11 is 1.74. The molecule has 30 heavy (non-hydrogen) atoms. The van der Waals surface area contributed by atoms with Crippen molar-refractivity contribution in [1.29, 1.82) is 0 Å². The lowest BCUT2D eigenvalue weighted by Crippen LogP contribution is -2.26. The minimum atomic E-state index is 0.0151. The molecule has 0 bridgehead atoms. The summed E-state index contributed by atoms with van der Waals surface area (Å²) in [6, 6.07) is 20.9. The number of amides is 1. The van der Waals surface area contributed by atoms with Crippen molar-refractivity contribution < 1.29 is 4.79 Å². The second-order valence-electron chi connectivity index (χ2n) is 7.45. The summed E-state index contributed by atoms with van der Waals surface area (Å²) in [5.41, 5.74) is 1.98. The third-order valence-corrected chi connectivity index (χ3v) is 6.29. The fourth-order valence-electron chi connectivity index (χ4n) is 3.80. The van der Waals surface area contributed by atoms with Crippen LogP contribution in [0.25, 0.3) is 21.8 Å². The molecule has 4 aromatic rings. The number of unbranched alkanes of at least 4 members (excludes halogenated alkanes) is 1. The van der Waals surface area contributed by atoms with Gasteiger partial charge in [-0.2, -0.15) is 0 Å². The third kappa shape index (κ3) is 3.59. The average molecular weight is 415 g/mol. The van der Waals surface area contributed by atoms with Crippen molar-refractivity contribution in [1.82, 2.24) is 15.3 Å². The maximum atomic E-state index is 11.1. The minimum absolute atomic E-state index is 0.0151. The number of hydrogen-bond acceptors (Lipinski definition) is 5. The van der Waals surface area contributed by atoms with Gasteiger partial charge in [0.1, 0.15) is 11.6 Å². The molecule has 1 N–H and O–H groups in total. The first-order valence-corrected chi connectivity index (χ1v) is 11.0. The maximum Gasteiger partial charge on any atom is 0.216 e. The summed E-state index contributed by atoms with van der Waals surface area (Å²) < 4.78 is 0. The SMILES string of the molecule is CC(=O)NCCCCN1c2nc3ccccc3cc2Sc2cc3ccccc3nc21. The van der Waals surface area contributed by atoms with Gasteiger partial charge in [0.2, 0.25) is 5.91 Å². The number of aromatic nitrogens is 2. The van der Waals surface area contributed by atoms with E-state index in [0.29, 0.717) is 6.54 Å². The average Bonchev–Trinajstić information content (AvgIpc) is 2.75. The molecule has 5 rings (SSSR count). The summed E-state index contributed by atoms with van der Waals surface area (Å²) in [5.74, 6) is 1.95. The quantitative estimate of drug-likeness (QED) is 0.449. The van der Waals surface area contributed by atoms with Gasteiger partial charge in [0.05, 0.1) is 20.8 Å². The summed E-state index contributed by atoms with van der Waals surface area (Å²) in [7, 11) is 0. The number of anilines is 2. The van der Waals surface area contributed by atoms with Crippen LogP contribution in [0.15, 0.2) is 70.5 Å². The van der Waals surface area contributed by atoms with Crippen LogP contribution in [0.4, 0.5) is 11.6 Å². The standard InChI is InChI=1S/C24H22N4OS/c1-16(29)25-12-6-7-13-28-23-21(14-17-8-2-4-10-19(17)26-23)30-22-15-18-9-3-5-11-20(18)27-24(22)28/h2-5,8-11,14-15H,6-7,12-13H2,1H3,(H,25,29). The number of rotatable bonds is 5. The molecular weight excluding hydrogens is 392 g/mol. The van der Waals surface area contributed by atoms with Crippen molar-refractivity contribution in [2.75, 3.05) is 18.0 Å². The Hall–Kier alpha value is -3.12. The molecule has 0 atom stereocenters. The van der Waals surface area contributed by atoms with Crippen LogP contribution in [0.5, 0.6) is 0 Å². The highest BCUT2D eigenvalue weighted by molar-refractivity contribution is 7.99. The Morgan fingerprint density at radius 3 is 2.03 bits per heavy atom. The van der Waals surface area contributed by atoms with Crippen molar-refractivity contribution in [3.05, 3.63) is 60.7 Å². The molecule has 0 saturated heterocycles. The Morgan fingerprint density at radius 1 is 0.900 bits per heavy atom. The number of benzene rings is 2. The molecule has 5 nitrogen and oxygen atoms in total. The summed E-state index contributed by atoms with van der Waals surface area (Å²) in [6.07, 6.45) is 1.85. The Balaban J connectivity index is 1.55. The van der Waals surface area contributed by atoms with E-state index < -0.39 is 0 Å². The van der Waals surface area contributed by atoms with E-state index in [2.05, 4.69) is 46.6 Å². The van der Waals surface area contributed by atoms with Crippen LogP contribution >= 0.6 is 11.8 Å². The van der Waals surface area contributed by atoms with Gasteiger partial charge in [0.25, 0.3) is 0 Å². The van der Waals surface area contributed by atoms with Crippen LogP contribution in [0.2, 0.25) is 0 Å². The van der Waals surface area contributed by atoms with Gasteiger partial charge in [0, 0.05) is 30.8 Å². The van der Waals surface area contributed by atoms with Crippen LogP contribution in [-0.4, -0.2) is 29.0 Å². The zero-order valence-corrected chi connectivity index (χ0v) is 17.6. The van der Waals surface area contributed by atoms with E-state index in [1.807, 2.05) is 24.3 Å². The second kappa shape index (κ2) is 7.95. The van der Waals surface area contributed by atoms with E-state index in [9.17, 15) is 4.79 Å². The number of hydrogen-bond donors (Lipinski definition) is 1. The van der Waals surface area contributed by atoms with Crippen LogP contribution < -0.4 is 10.2 Å². The number of fused-ring (bicyclic) bond motifs is 4. The van der Waals surface area contributed by atoms with E-state index >= 15 is 0 Å². The maximum absolute atomic E-state index is 11.1. The largest absolute Gasteiger partial charge is 0.356 e. The Labute approximate surface area is 179 Å². The molecule has 0 unspecified atom stereocenters. The molecule has 150 valence electrons. The number of carbonyl (C=O) groups is 1. The van der Waals surface area contributed by atoms with Gasteiger partial charge in [0.15, 0.2) is 0 Å². The van der Waals surface area contributed by atoms with Crippen molar-refractivity contribution in [2.45, 2.75) is 29.6 Å². The molecule has 1 aliphatic heterocycles. The molecule has 2 aromatic carbocycles. The van der Waals surface area contributed by atoms with Crippen LogP contribution in [0.3, 0.4) is 0 Å². The first kappa shape index (κ1) is 18.9. The van der Waals surface area contributed by atoms with Crippen molar-refractivity contribution in [2.24, 2.45) is 0 Å². The predicted molar refractivity (Wildman–Crippen MR) is 123 cm³/mol. The monoisotopic (exact) mass is 414 g/mol. The van der Waals surface area contributed by atoms with Gasteiger partial charge in [-0.3, -0.25) is 4.79 Å². The lowest BCUT2D eigenvalue weighted by atomic mass is 10.2. The smallest absolute Gasteiger partial charge is 0.216 e. The van der Waals surface area contributed by atoms with Crippen molar-refractivity contribution in [3.63, 3.8) is 0 Å². The first-order valence-electron chi connectivity index (χ1n) is 10.2. The third-order valence-electron chi connectivity index (χ3n) is 5.25. The Bertz CT molecular complexity index is 1170. The van der Waals surface area contributed by atoms with Gasteiger partial charge in [-0.25, -0.2) is 9.97 Å². The molecule has 2 aromatic heterocycles. The zero-order chi connectivity index (χ0) is 20.5. The van der Waals surface area contributed by atoms with Crippen LogP contribution in [0.1, 0.15) is 19.8 Å². The second-order valence-corrected chi connectivity index (χ2v) is 8.53. The van der Waals surface area contributed by atoms with E-state index in [-0.39, 0.29) is 5.91 Å². The number of carbonyl (C=O) groups excluding carboxylic acids is 1. The van der Waals surface area contributed by atoms with E-state index in [1.54, 1.807) is 18.7 Å². The molecule has 6 heteroatoms. The highest BCUT2D eigenvalue weighted by Gasteiger charge is 2.27. The van der Waals surface area contributed by atoms with Crippen LogP contribution in [-0.2, 0) is 4.79 Å². The molecule has 3 heterocycles. The lowest BCUT2D eigenvalue weighted by molar-refractivity contribution is -0.118. The van der Waals surface area contributed by atoms with Gasteiger partial charge in [-0.05, 0) is 37.1 Å². The van der Waals surface area contributed by atoms with Gasteiger partial charge in [-0.1, -0.05) is 48.2 Å². The molecule has 0 radical (unpaired) electrons. The lowest BCUT2D eigenvalue weighted by Gasteiger charge is -2.31. The fourth-order valence-corrected chi connectivity index (χ4v) is 4.90. The summed E-state index contributed by atoms with van der Waals surface area (Å²) in [5, 5.41) is 5.17. The van der Waals surface area contributed by atoms with Gasteiger partial charge in [-0.15, -0.1) is 0 Å². The predicted octanol–water partition coefficient (Wildman–Crippen LogP) is 5.30. The van der Waals surface area contributed by atoms with Crippen LogP contribution in [0, 0.1) is 0 Å². The van der Waals surface area contributed by atoms with Gasteiger partial charge >= 0.3 is 0 Å². The van der Waals surface area contributed by atoms with E-state index in [4.69, 9.17) is 9.97 Å².